The van der Waals surface area contributed by atoms with Crippen LogP contribution in [0.15, 0.2) is 42.5 Å². The van der Waals surface area contributed by atoms with E-state index in [1.807, 2.05) is 19.9 Å². The summed E-state index contributed by atoms with van der Waals surface area (Å²) < 4.78 is 4.63. The monoisotopic (exact) mass is 259 g/mol. The van der Waals surface area contributed by atoms with Crippen LogP contribution in [0.25, 0.3) is 0 Å². The summed E-state index contributed by atoms with van der Waals surface area (Å²) in [7, 11) is 1.33. The SMILES string of the molecule is CC=CC=CC(=O)Nc1ccc(C(=O)OC)cc1C. The molecule has 0 spiro atoms. The second-order valence-electron chi connectivity index (χ2n) is 3.90. The van der Waals surface area contributed by atoms with Gasteiger partial charge < -0.3 is 10.1 Å². The first-order chi connectivity index (χ1) is 9.08. The molecular weight excluding hydrogens is 242 g/mol. The Kier molecular flexibility index (Phi) is 5.54. The number of aryl methyl sites for hydroxylation is 1. The smallest absolute Gasteiger partial charge is 0.337 e. The fourth-order valence-corrected chi connectivity index (χ4v) is 1.48. The van der Waals surface area contributed by atoms with Gasteiger partial charge in [0, 0.05) is 11.8 Å². The van der Waals surface area contributed by atoms with Gasteiger partial charge in [0.05, 0.1) is 12.7 Å². The molecule has 1 aromatic rings. The Morgan fingerprint density at radius 1 is 1.26 bits per heavy atom. The number of ether oxygens (including phenoxy) is 1. The Hall–Kier alpha value is -2.36. The summed E-state index contributed by atoms with van der Waals surface area (Å²) >= 11 is 0. The second kappa shape index (κ2) is 7.16. The van der Waals surface area contributed by atoms with Crippen LogP contribution in [-0.2, 0) is 9.53 Å². The van der Waals surface area contributed by atoms with E-state index in [0.29, 0.717) is 11.3 Å². The van der Waals surface area contributed by atoms with Crippen LogP contribution in [0.1, 0.15) is 22.8 Å². The minimum Gasteiger partial charge on any atom is -0.465 e. The van der Waals surface area contributed by atoms with Gasteiger partial charge in [0.2, 0.25) is 5.91 Å². The molecule has 0 aromatic heterocycles. The van der Waals surface area contributed by atoms with Gasteiger partial charge in [-0.3, -0.25) is 4.79 Å². The van der Waals surface area contributed by atoms with Gasteiger partial charge >= 0.3 is 5.97 Å². The Labute approximate surface area is 112 Å². The molecule has 4 heteroatoms. The zero-order valence-electron chi connectivity index (χ0n) is 11.3. The lowest BCUT2D eigenvalue weighted by atomic mass is 10.1. The van der Waals surface area contributed by atoms with Crippen molar-refractivity contribution in [2.45, 2.75) is 13.8 Å². The molecule has 19 heavy (non-hydrogen) atoms. The Balaban J connectivity index is 2.80. The van der Waals surface area contributed by atoms with E-state index in [9.17, 15) is 9.59 Å². The first kappa shape index (κ1) is 14.7. The Bertz CT molecular complexity index is 530. The van der Waals surface area contributed by atoms with E-state index in [4.69, 9.17) is 0 Å². The number of anilines is 1. The maximum atomic E-state index is 11.6. The maximum Gasteiger partial charge on any atom is 0.337 e. The van der Waals surface area contributed by atoms with Crippen molar-refractivity contribution in [3.8, 4) is 0 Å². The van der Waals surface area contributed by atoms with Crippen molar-refractivity contribution < 1.29 is 14.3 Å². The molecular formula is C15H17NO3. The van der Waals surface area contributed by atoms with Crippen LogP contribution in [0.2, 0.25) is 0 Å². The normalized spacial score (nSPS) is 10.9. The average molecular weight is 259 g/mol. The molecule has 100 valence electrons. The number of esters is 1. The number of methoxy groups -OCH3 is 1. The van der Waals surface area contributed by atoms with E-state index >= 15 is 0 Å². The molecule has 0 bridgehead atoms. The zero-order valence-corrected chi connectivity index (χ0v) is 11.3. The number of hydrogen-bond acceptors (Lipinski definition) is 3. The van der Waals surface area contributed by atoms with E-state index in [1.54, 1.807) is 30.4 Å². The fourth-order valence-electron chi connectivity index (χ4n) is 1.48. The lowest BCUT2D eigenvalue weighted by Crippen LogP contribution is -2.10. The van der Waals surface area contributed by atoms with Crippen molar-refractivity contribution in [2.24, 2.45) is 0 Å². The largest absolute Gasteiger partial charge is 0.465 e. The number of carbonyl (C=O) groups is 2. The number of allylic oxidation sites excluding steroid dienone is 3. The molecule has 1 rings (SSSR count). The van der Waals surface area contributed by atoms with Crippen LogP contribution < -0.4 is 5.32 Å². The molecule has 0 fully saturated rings. The second-order valence-corrected chi connectivity index (χ2v) is 3.90. The number of benzene rings is 1. The highest BCUT2D eigenvalue weighted by Gasteiger charge is 2.08. The molecule has 0 saturated carbocycles. The van der Waals surface area contributed by atoms with Gasteiger partial charge in [-0.15, -0.1) is 0 Å². The highest BCUT2D eigenvalue weighted by molar-refractivity contribution is 6.00. The number of nitrogens with one attached hydrogen (secondary N) is 1. The number of hydrogen-bond donors (Lipinski definition) is 1. The first-order valence-corrected chi connectivity index (χ1v) is 5.87. The maximum absolute atomic E-state index is 11.6. The van der Waals surface area contributed by atoms with E-state index in [0.717, 1.165) is 5.56 Å². The number of carbonyl (C=O) groups excluding carboxylic acids is 2. The van der Waals surface area contributed by atoms with Crippen LogP contribution in [0.3, 0.4) is 0 Å². The third kappa shape index (κ3) is 4.43. The van der Waals surface area contributed by atoms with Crippen LogP contribution in [-0.4, -0.2) is 19.0 Å². The lowest BCUT2D eigenvalue weighted by molar-refractivity contribution is -0.111. The molecule has 0 radical (unpaired) electrons. The van der Waals surface area contributed by atoms with Gasteiger partial charge in [0.1, 0.15) is 0 Å². The molecule has 0 aliphatic heterocycles. The van der Waals surface area contributed by atoms with Crippen molar-refractivity contribution in [3.05, 3.63) is 53.6 Å². The summed E-state index contributed by atoms with van der Waals surface area (Å²) in [6.07, 6.45) is 6.70. The average Bonchev–Trinajstić information content (AvgIpc) is 2.40. The number of rotatable bonds is 4. The summed E-state index contributed by atoms with van der Waals surface area (Å²) in [6.45, 7) is 3.69. The van der Waals surface area contributed by atoms with Crippen LogP contribution in [0.5, 0.6) is 0 Å². The molecule has 0 unspecified atom stereocenters. The van der Waals surface area contributed by atoms with Crippen LogP contribution in [0, 0.1) is 6.92 Å². The van der Waals surface area contributed by atoms with Gasteiger partial charge in [-0.1, -0.05) is 18.2 Å². The molecule has 1 aromatic carbocycles. The summed E-state index contributed by atoms with van der Waals surface area (Å²) in [5.41, 5.74) is 1.93. The van der Waals surface area contributed by atoms with Crippen molar-refractivity contribution >= 4 is 17.6 Å². The first-order valence-electron chi connectivity index (χ1n) is 5.87. The van der Waals surface area contributed by atoms with E-state index < -0.39 is 5.97 Å². The number of amides is 1. The molecule has 4 nitrogen and oxygen atoms in total. The predicted molar refractivity (Wildman–Crippen MR) is 75.1 cm³/mol. The minimum absolute atomic E-state index is 0.216. The van der Waals surface area contributed by atoms with Crippen molar-refractivity contribution in [1.29, 1.82) is 0 Å². The molecule has 0 saturated heterocycles. The molecule has 1 amide bonds. The van der Waals surface area contributed by atoms with Crippen molar-refractivity contribution in [2.75, 3.05) is 12.4 Å². The van der Waals surface area contributed by atoms with E-state index in [1.165, 1.54) is 13.2 Å². The third-order valence-corrected chi connectivity index (χ3v) is 2.46. The quantitative estimate of drug-likeness (QED) is 0.514. The van der Waals surface area contributed by atoms with Gasteiger partial charge in [0.25, 0.3) is 0 Å². The van der Waals surface area contributed by atoms with Gasteiger partial charge in [-0.25, -0.2) is 4.79 Å². The van der Waals surface area contributed by atoms with Crippen LogP contribution >= 0.6 is 0 Å². The summed E-state index contributed by atoms with van der Waals surface area (Å²) in [5.74, 6) is -0.610. The lowest BCUT2D eigenvalue weighted by Gasteiger charge is -2.08. The molecule has 0 heterocycles. The zero-order chi connectivity index (χ0) is 14.3. The molecule has 1 N–H and O–H groups in total. The Morgan fingerprint density at radius 2 is 2.00 bits per heavy atom. The molecule has 0 aliphatic rings. The minimum atomic E-state index is -0.394. The van der Waals surface area contributed by atoms with Crippen LogP contribution in [0.4, 0.5) is 5.69 Å². The van der Waals surface area contributed by atoms with E-state index in [-0.39, 0.29) is 5.91 Å². The van der Waals surface area contributed by atoms with Gasteiger partial charge in [0.15, 0.2) is 0 Å². The summed E-state index contributed by atoms with van der Waals surface area (Å²) in [6, 6.07) is 4.98. The molecule has 0 atom stereocenters. The topological polar surface area (TPSA) is 55.4 Å². The fraction of sp³-hybridized carbons (Fsp3) is 0.200. The standard InChI is InChI=1S/C15H17NO3/c1-4-5-6-7-14(17)16-13-9-8-12(10-11(13)2)15(18)19-3/h4-10H,1-3H3,(H,16,17). The van der Waals surface area contributed by atoms with Crippen molar-refractivity contribution in [3.63, 3.8) is 0 Å². The predicted octanol–water partition coefficient (Wildman–Crippen LogP) is 2.85. The highest BCUT2D eigenvalue weighted by atomic mass is 16.5. The van der Waals surface area contributed by atoms with E-state index in [2.05, 4.69) is 10.1 Å². The van der Waals surface area contributed by atoms with Gasteiger partial charge in [-0.2, -0.15) is 0 Å². The molecule has 0 aliphatic carbocycles. The van der Waals surface area contributed by atoms with Crippen molar-refractivity contribution in [1.82, 2.24) is 0 Å². The summed E-state index contributed by atoms with van der Waals surface area (Å²) in [5, 5.41) is 2.74. The summed E-state index contributed by atoms with van der Waals surface area (Å²) in [4.78, 5) is 22.9. The third-order valence-electron chi connectivity index (χ3n) is 2.46. The Morgan fingerprint density at radius 3 is 2.58 bits per heavy atom. The van der Waals surface area contributed by atoms with Gasteiger partial charge in [-0.05, 0) is 37.6 Å². The highest BCUT2D eigenvalue weighted by Crippen LogP contribution is 2.17.